The highest BCUT2D eigenvalue weighted by molar-refractivity contribution is 5.70. The third-order valence-electron chi connectivity index (χ3n) is 10.1. The van der Waals surface area contributed by atoms with Crippen LogP contribution in [0.1, 0.15) is 59.8 Å². The van der Waals surface area contributed by atoms with Gasteiger partial charge in [-0.1, -0.05) is 61.4 Å². The maximum absolute atomic E-state index is 13.1. The fourth-order valence-electron chi connectivity index (χ4n) is 6.60. The number of nitrogens with zero attached hydrogens (tertiary/aromatic N) is 7. The highest BCUT2D eigenvalue weighted by Gasteiger charge is 2.36. The van der Waals surface area contributed by atoms with E-state index in [0.29, 0.717) is 51.9 Å². The number of hydrogen-bond acceptors (Lipinski definition) is 12. The van der Waals surface area contributed by atoms with E-state index >= 15 is 0 Å². The molecule has 4 heterocycles. The first-order chi connectivity index (χ1) is 25.9. The first-order valence-electron chi connectivity index (χ1n) is 18.9. The monoisotopic (exact) mass is 749 g/mol. The van der Waals surface area contributed by atoms with Gasteiger partial charge < -0.3 is 38.8 Å². The highest BCUT2D eigenvalue weighted by atomic mass is 16.6. The predicted molar refractivity (Wildman–Crippen MR) is 200 cm³/mol. The molecule has 54 heavy (non-hydrogen) atoms. The molecule has 0 saturated carbocycles. The Bertz CT molecular complexity index is 1640. The van der Waals surface area contributed by atoms with Crippen molar-refractivity contribution in [2.75, 3.05) is 52.9 Å². The van der Waals surface area contributed by atoms with Gasteiger partial charge >= 0.3 is 24.2 Å². The maximum atomic E-state index is 13.1. The SMILES string of the molecule is C/C(=C\C=C\[C@@H](C)COC(=O)N1CC[C@@H](Oc2nnnn2-c2ccccc2)C1)[C@H]1OC(=O)CCCC[C@@](C)(O)[C@@H](OC(=O)N2CCN(C)CC2)/C=C/[C@@H]1C. The van der Waals surface area contributed by atoms with Gasteiger partial charge in [0.1, 0.15) is 17.8 Å². The van der Waals surface area contributed by atoms with Crippen LogP contribution < -0.4 is 4.74 Å². The molecule has 0 spiro atoms. The Hall–Kier alpha value is -4.76. The van der Waals surface area contributed by atoms with Crippen molar-refractivity contribution in [3.05, 3.63) is 66.3 Å². The van der Waals surface area contributed by atoms with Crippen LogP contribution in [0, 0.1) is 11.8 Å². The molecule has 1 N–H and O–H groups in total. The van der Waals surface area contributed by atoms with Gasteiger partial charge in [-0.3, -0.25) is 4.79 Å². The number of ether oxygens (including phenoxy) is 4. The second-order valence-electron chi connectivity index (χ2n) is 14.8. The molecule has 2 amide bonds. The fourth-order valence-corrected chi connectivity index (χ4v) is 6.60. The number of likely N-dealkylation sites (N-methyl/N-ethyl adjacent to an activating group) is 1. The second-order valence-corrected chi connectivity index (χ2v) is 14.8. The summed E-state index contributed by atoms with van der Waals surface area (Å²) in [5.74, 6) is -0.673. The Labute approximate surface area is 317 Å². The Morgan fingerprint density at radius 1 is 1.07 bits per heavy atom. The molecule has 2 aromatic rings. The summed E-state index contributed by atoms with van der Waals surface area (Å²) in [6, 6.07) is 9.70. The second kappa shape index (κ2) is 19.0. The Balaban J connectivity index is 1.13. The molecule has 1 aromatic carbocycles. The molecule has 15 heteroatoms. The number of piperazine rings is 1. The lowest BCUT2D eigenvalue weighted by Crippen LogP contribution is -2.50. The number of tetrazole rings is 1. The van der Waals surface area contributed by atoms with Gasteiger partial charge in [-0.15, -0.1) is 0 Å². The molecule has 294 valence electrons. The Morgan fingerprint density at radius 2 is 1.83 bits per heavy atom. The minimum atomic E-state index is -1.31. The van der Waals surface area contributed by atoms with Gasteiger partial charge in [0.05, 0.1) is 18.8 Å². The lowest BCUT2D eigenvalue weighted by Gasteiger charge is -2.36. The van der Waals surface area contributed by atoms with Gasteiger partial charge in [0.2, 0.25) is 0 Å². The van der Waals surface area contributed by atoms with E-state index < -0.39 is 30.0 Å². The molecule has 0 unspecified atom stereocenters. The quantitative estimate of drug-likeness (QED) is 0.165. The summed E-state index contributed by atoms with van der Waals surface area (Å²) in [4.78, 5) is 44.3. The minimum absolute atomic E-state index is 0.0858. The van der Waals surface area contributed by atoms with Gasteiger partial charge in [0.15, 0.2) is 6.10 Å². The standard InChI is InChI=1S/C39H55N7O8/c1-28(27-51-37(48)45-21-19-32(26-45)52-36-40-41-42-46(36)31-14-7-6-8-15-31)12-11-13-29(2)35-30(3)17-18-33(39(4,50)20-10-9-16-34(47)54-35)53-38(49)44-24-22-43(5)23-25-44/h6-8,11-15,17-18,28,30,32-33,35,50H,9-10,16,19-27H2,1-5H3/b12-11+,18-17+,29-13+/t28-,30+,32-,33+,35-,39-/m1/s1. The van der Waals surface area contributed by atoms with Crippen molar-refractivity contribution in [3.63, 3.8) is 0 Å². The van der Waals surface area contributed by atoms with E-state index in [-0.39, 0.29) is 42.9 Å². The Kier molecular flexibility index (Phi) is 14.2. The van der Waals surface area contributed by atoms with E-state index in [1.54, 1.807) is 22.8 Å². The molecular weight excluding hydrogens is 694 g/mol. The van der Waals surface area contributed by atoms with Crippen LogP contribution in [0.25, 0.3) is 5.69 Å². The van der Waals surface area contributed by atoms with Gasteiger partial charge in [0.25, 0.3) is 0 Å². The number of allylic oxidation sites excluding steroid dienone is 2. The van der Waals surface area contributed by atoms with E-state index in [1.807, 2.05) is 82.5 Å². The van der Waals surface area contributed by atoms with Gasteiger partial charge in [0, 0.05) is 57.4 Å². The van der Waals surface area contributed by atoms with Crippen molar-refractivity contribution < 1.29 is 38.4 Å². The molecule has 15 nitrogen and oxygen atoms in total. The molecule has 0 aliphatic carbocycles. The summed E-state index contributed by atoms with van der Waals surface area (Å²) in [5.41, 5.74) is 0.283. The van der Waals surface area contributed by atoms with Crippen molar-refractivity contribution in [3.8, 4) is 11.7 Å². The van der Waals surface area contributed by atoms with Gasteiger partial charge in [-0.05, 0) is 74.4 Å². The third-order valence-corrected chi connectivity index (χ3v) is 10.1. The van der Waals surface area contributed by atoms with Crippen LogP contribution in [-0.2, 0) is 19.0 Å². The number of carbonyl (C=O) groups is 3. The van der Waals surface area contributed by atoms with E-state index in [4.69, 9.17) is 18.9 Å². The molecule has 6 atom stereocenters. The number of rotatable bonds is 9. The lowest BCUT2D eigenvalue weighted by atomic mass is 9.89. The van der Waals surface area contributed by atoms with Crippen molar-refractivity contribution >= 4 is 18.2 Å². The van der Waals surface area contributed by atoms with E-state index in [1.165, 1.54) is 4.68 Å². The molecule has 1 aromatic heterocycles. The van der Waals surface area contributed by atoms with Crippen LogP contribution in [0.15, 0.2) is 66.3 Å². The molecule has 0 bridgehead atoms. The summed E-state index contributed by atoms with van der Waals surface area (Å²) in [7, 11) is 2.02. The average molecular weight is 750 g/mol. The molecule has 3 aliphatic rings. The first kappa shape index (κ1) is 40.4. The summed E-state index contributed by atoms with van der Waals surface area (Å²) < 4.78 is 25.0. The van der Waals surface area contributed by atoms with Crippen molar-refractivity contribution in [2.45, 2.75) is 83.7 Å². The fraction of sp³-hybridized carbons (Fsp3) is 0.590. The number of carbonyl (C=O) groups excluding carboxylic acids is 3. The van der Waals surface area contributed by atoms with E-state index in [9.17, 15) is 19.5 Å². The number of aromatic nitrogens is 4. The molecule has 2 fully saturated rings. The third kappa shape index (κ3) is 11.4. The molecule has 2 saturated heterocycles. The number of amides is 2. The first-order valence-corrected chi connectivity index (χ1v) is 18.9. The largest absolute Gasteiger partial charge is 0.457 e. The van der Waals surface area contributed by atoms with Crippen molar-refractivity contribution in [1.82, 2.24) is 34.9 Å². The van der Waals surface area contributed by atoms with E-state index in [0.717, 1.165) is 24.4 Å². The predicted octanol–water partition coefficient (Wildman–Crippen LogP) is 4.57. The number of likely N-dealkylation sites (tertiary alicyclic amines) is 1. The molecular formula is C39H55N7O8. The molecule has 0 radical (unpaired) electrons. The summed E-state index contributed by atoms with van der Waals surface area (Å²) in [6.45, 7) is 11.1. The van der Waals surface area contributed by atoms with Crippen molar-refractivity contribution in [2.24, 2.45) is 11.8 Å². The zero-order valence-electron chi connectivity index (χ0n) is 32.1. The number of aliphatic hydroxyl groups is 1. The van der Waals surface area contributed by atoms with Crippen molar-refractivity contribution in [1.29, 1.82) is 0 Å². The zero-order valence-corrected chi connectivity index (χ0v) is 32.1. The molecule has 5 rings (SSSR count). The summed E-state index contributed by atoms with van der Waals surface area (Å²) in [6.07, 6.45) is 9.01. The van der Waals surface area contributed by atoms with Gasteiger partial charge in [-0.2, -0.15) is 4.68 Å². The number of esters is 1. The summed E-state index contributed by atoms with van der Waals surface area (Å²) in [5, 5.41) is 23.2. The average Bonchev–Trinajstić information content (AvgIpc) is 3.83. The topological polar surface area (TPSA) is 162 Å². The van der Waals surface area contributed by atoms with Crippen LogP contribution in [0.4, 0.5) is 9.59 Å². The van der Waals surface area contributed by atoms with Crippen LogP contribution in [0.5, 0.6) is 6.01 Å². The Morgan fingerprint density at radius 3 is 2.59 bits per heavy atom. The molecule has 3 aliphatic heterocycles. The normalized spacial score (nSPS) is 27.4. The number of benzene rings is 1. The number of hydrogen-bond donors (Lipinski definition) is 1. The zero-order chi connectivity index (χ0) is 38.7. The number of cyclic esters (lactones) is 1. The smallest absolute Gasteiger partial charge is 0.410 e. The van der Waals surface area contributed by atoms with Crippen LogP contribution >= 0.6 is 0 Å². The number of para-hydroxylation sites is 1. The van der Waals surface area contributed by atoms with E-state index in [2.05, 4.69) is 20.4 Å². The lowest BCUT2D eigenvalue weighted by molar-refractivity contribution is -0.149. The summed E-state index contributed by atoms with van der Waals surface area (Å²) >= 11 is 0. The highest BCUT2D eigenvalue weighted by Crippen LogP contribution is 2.27. The van der Waals surface area contributed by atoms with Crippen LogP contribution in [0.3, 0.4) is 0 Å². The van der Waals surface area contributed by atoms with Crippen LogP contribution in [-0.4, -0.2) is 135 Å². The van der Waals surface area contributed by atoms with Crippen LogP contribution in [0.2, 0.25) is 0 Å². The van der Waals surface area contributed by atoms with Gasteiger partial charge in [-0.25, -0.2) is 9.59 Å². The minimum Gasteiger partial charge on any atom is -0.457 e. The maximum Gasteiger partial charge on any atom is 0.410 e.